The molecule has 1 aromatic carbocycles. The van der Waals surface area contributed by atoms with Gasteiger partial charge in [0.1, 0.15) is 5.75 Å². The highest BCUT2D eigenvalue weighted by Gasteiger charge is 2.36. The van der Waals surface area contributed by atoms with E-state index in [4.69, 9.17) is 4.74 Å². The molecule has 1 aromatic rings. The van der Waals surface area contributed by atoms with Crippen LogP contribution in [0.25, 0.3) is 0 Å². The second-order valence-corrected chi connectivity index (χ2v) is 5.03. The van der Waals surface area contributed by atoms with E-state index in [1.165, 1.54) is 13.2 Å². The zero-order valence-corrected chi connectivity index (χ0v) is 11.5. The van der Waals surface area contributed by atoms with Crippen LogP contribution in [0.5, 0.6) is 5.75 Å². The van der Waals surface area contributed by atoms with Gasteiger partial charge in [0.2, 0.25) is 5.91 Å². The summed E-state index contributed by atoms with van der Waals surface area (Å²) in [6.07, 6.45) is 1.66. The minimum Gasteiger partial charge on any atom is -0.497 e. The summed E-state index contributed by atoms with van der Waals surface area (Å²) >= 11 is 0. The minimum absolute atomic E-state index is 0.0132. The average molecular weight is 278 g/mol. The smallest absolute Gasteiger partial charge is 0.337 e. The molecule has 6 nitrogen and oxygen atoms in total. The molecule has 1 unspecified atom stereocenters. The highest BCUT2D eigenvalue weighted by atomic mass is 16.5. The summed E-state index contributed by atoms with van der Waals surface area (Å²) in [6.45, 7) is 2.61. The van der Waals surface area contributed by atoms with Crippen LogP contribution in [0, 0.1) is 0 Å². The van der Waals surface area contributed by atoms with Crippen molar-refractivity contribution < 1.29 is 19.4 Å². The maximum absolute atomic E-state index is 12.3. The summed E-state index contributed by atoms with van der Waals surface area (Å²) < 4.78 is 5.00. The van der Waals surface area contributed by atoms with Crippen molar-refractivity contribution in [2.24, 2.45) is 0 Å². The molecule has 3 N–H and O–H groups in total. The number of carbonyl (C=O) groups excluding carboxylic acids is 1. The number of amides is 1. The maximum atomic E-state index is 12.3. The van der Waals surface area contributed by atoms with E-state index < -0.39 is 11.5 Å². The number of aromatic carboxylic acids is 1. The van der Waals surface area contributed by atoms with Crippen LogP contribution in [0.1, 0.15) is 30.1 Å². The first kappa shape index (κ1) is 14.3. The third-order valence-electron chi connectivity index (χ3n) is 3.58. The molecule has 1 amide bonds. The summed E-state index contributed by atoms with van der Waals surface area (Å²) in [5, 5.41) is 15.0. The van der Waals surface area contributed by atoms with E-state index in [2.05, 4.69) is 10.6 Å². The number of anilines is 1. The number of ether oxygens (including phenoxy) is 1. The van der Waals surface area contributed by atoms with E-state index in [-0.39, 0.29) is 17.2 Å². The number of hydrogen-bond acceptors (Lipinski definition) is 4. The first-order valence-electron chi connectivity index (χ1n) is 6.44. The third-order valence-corrected chi connectivity index (χ3v) is 3.58. The van der Waals surface area contributed by atoms with Crippen molar-refractivity contribution in [3.05, 3.63) is 23.8 Å². The molecule has 0 bridgehead atoms. The van der Waals surface area contributed by atoms with Gasteiger partial charge in [-0.3, -0.25) is 4.79 Å². The van der Waals surface area contributed by atoms with Gasteiger partial charge < -0.3 is 20.5 Å². The summed E-state index contributed by atoms with van der Waals surface area (Å²) in [4.78, 5) is 23.5. The molecule has 0 aliphatic carbocycles. The monoisotopic (exact) mass is 278 g/mol. The highest BCUT2D eigenvalue weighted by Crippen LogP contribution is 2.25. The summed E-state index contributed by atoms with van der Waals surface area (Å²) in [5.41, 5.74) is -0.354. The molecule has 0 spiro atoms. The van der Waals surface area contributed by atoms with Gasteiger partial charge in [0.15, 0.2) is 0 Å². The van der Waals surface area contributed by atoms with Crippen molar-refractivity contribution in [1.82, 2.24) is 5.32 Å². The van der Waals surface area contributed by atoms with Crippen LogP contribution in [0.2, 0.25) is 0 Å². The molecule has 1 aliphatic rings. The molecule has 0 radical (unpaired) electrons. The second kappa shape index (κ2) is 5.50. The Morgan fingerprint density at radius 3 is 2.75 bits per heavy atom. The molecule has 20 heavy (non-hydrogen) atoms. The van der Waals surface area contributed by atoms with Gasteiger partial charge >= 0.3 is 5.97 Å². The van der Waals surface area contributed by atoms with Crippen LogP contribution in [0.4, 0.5) is 5.69 Å². The standard InChI is InChI=1S/C14H18N2O4/c1-14(6-3-7-15-14)13(19)16-11-5-4-9(20-2)8-10(11)12(17)18/h4-5,8,15H,3,6-7H2,1-2H3,(H,16,19)(H,17,18). The predicted molar refractivity (Wildman–Crippen MR) is 74.2 cm³/mol. The van der Waals surface area contributed by atoms with E-state index in [0.29, 0.717) is 5.75 Å². The molecule has 0 aromatic heterocycles. The summed E-state index contributed by atoms with van der Waals surface area (Å²) in [5.74, 6) is -0.892. The largest absolute Gasteiger partial charge is 0.497 e. The molecule has 108 valence electrons. The fourth-order valence-electron chi connectivity index (χ4n) is 2.28. The molecule has 1 atom stereocenters. The third kappa shape index (κ3) is 2.75. The minimum atomic E-state index is -1.11. The number of methoxy groups -OCH3 is 1. The Kier molecular flexibility index (Phi) is 3.94. The normalized spacial score (nSPS) is 21.5. The Bertz CT molecular complexity index is 536. The number of carboxylic acids is 1. The van der Waals surface area contributed by atoms with Gasteiger partial charge in [0.05, 0.1) is 23.9 Å². The maximum Gasteiger partial charge on any atom is 0.337 e. The zero-order chi connectivity index (χ0) is 14.8. The Hall–Kier alpha value is -2.08. The fourth-order valence-corrected chi connectivity index (χ4v) is 2.28. The van der Waals surface area contributed by atoms with E-state index in [1.54, 1.807) is 12.1 Å². The number of hydrogen-bond donors (Lipinski definition) is 3. The molecule has 1 heterocycles. The van der Waals surface area contributed by atoms with Gasteiger partial charge in [-0.25, -0.2) is 4.79 Å². The Morgan fingerprint density at radius 1 is 1.45 bits per heavy atom. The van der Waals surface area contributed by atoms with Gasteiger partial charge in [0, 0.05) is 0 Å². The van der Waals surface area contributed by atoms with Crippen molar-refractivity contribution in [2.45, 2.75) is 25.3 Å². The molecule has 1 fully saturated rings. The van der Waals surface area contributed by atoms with Crippen molar-refractivity contribution in [3.8, 4) is 5.75 Å². The van der Waals surface area contributed by atoms with E-state index in [9.17, 15) is 14.7 Å². The first-order valence-corrected chi connectivity index (χ1v) is 6.44. The van der Waals surface area contributed by atoms with Gasteiger partial charge in [-0.1, -0.05) is 0 Å². The lowest BCUT2D eigenvalue weighted by Crippen LogP contribution is -2.48. The molecular formula is C14H18N2O4. The fraction of sp³-hybridized carbons (Fsp3) is 0.429. The summed E-state index contributed by atoms with van der Waals surface area (Å²) in [6, 6.07) is 4.55. The lowest BCUT2D eigenvalue weighted by Gasteiger charge is -2.23. The molecular weight excluding hydrogens is 260 g/mol. The Balaban J connectivity index is 2.24. The predicted octanol–water partition coefficient (Wildman–Crippen LogP) is 1.47. The zero-order valence-electron chi connectivity index (χ0n) is 11.5. The van der Waals surface area contributed by atoms with Gasteiger partial charge in [-0.2, -0.15) is 0 Å². The SMILES string of the molecule is COc1ccc(NC(=O)C2(C)CCCN2)c(C(=O)O)c1. The molecule has 2 rings (SSSR count). The quantitative estimate of drug-likeness (QED) is 0.776. The first-order chi connectivity index (χ1) is 9.46. The van der Waals surface area contributed by atoms with E-state index >= 15 is 0 Å². The van der Waals surface area contributed by atoms with Crippen molar-refractivity contribution in [2.75, 3.05) is 19.0 Å². The molecule has 6 heteroatoms. The Labute approximate surface area is 117 Å². The van der Waals surface area contributed by atoms with Crippen LogP contribution in [0.3, 0.4) is 0 Å². The lowest BCUT2D eigenvalue weighted by atomic mass is 9.99. The van der Waals surface area contributed by atoms with Crippen LogP contribution < -0.4 is 15.4 Å². The number of nitrogens with one attached hydrogen (secondary N) is 2. The van der Waals surface area contributed by atoms with Crippen LogP contribution in [0.15, 0.2) is 18.2 Å². The second-order valence-electron chi connectivity index (χ2n) is 5.03. The van der Waals surface area contributed by atoms with Crippen LogP contribution >= 0.6 is 0 Å². The van der Waals surface area contributed by atoms with E-state index in [1.807, 2.05) is 6.92 Å². The van der Waals surface area contributed by atoms with Crippen molar-refractivity contribution in [1.29, 1.82) is 0 Å². The highest BCUT2D eigenvalue weighted by molar-refractivity contribution is 6.04. The Morgan fingerprint density at radius 2 is 2.20 bits per heavy atom. The number of rotatable bonds is 4. The topological polar surface area (TPSA) is 87.7 Å². The molecule has 0 saturated carbocycles. The van der Waals surface area contributed by atoms with Gasteiger partial charge in [-0.15, -0.1) is 0 Å². The lowest BCUT2D eigenvalue weighted by molar-refractivity contribution is -0.121. The van der Waals surface area contributed by atoms with Gasteiger partial charge in [-0.05, 0) is 44.5 Å². The van der Waals surface area contributed by atoms with E-state index in [0.717, 1.165) is 19.4 Å². The number of carbonyl (C=O) groups is 2. The molecule has 1 aliphatic heterocycles. The van der Waals surface area contributed by atoms with Crippen LogP contribution in [-0.4, -0.2) is 36.2 Å². The summed E-state index contributed by atoms with van der Waals surface area (Å²) in [7, 11) is 1.46. The number of carboxylic acid groups (broad SMARTS) is 1. The number of benzene rings is 1. The van der Waals surface area contributed by atoms with Crippen molar-refractivity contribution >= 4 is 17.6 Å². The average Bonchev–Trinajstić information content (AvgIpc) is 2.87. The molecule has 1 saturated heterocycles. The van der Waals surface area contributed by atoms with Crippen molar-refractivity contribution in [3.63, 3.8) is 0 Å². The van der Waals surface area contributed by atoms with Crippen LogP contribution in [-0.2, 0) is 4.79 Å². The van der Waals surface area contributed by atoms with Gasteiger partial charge in [0.25, 0.3) is 0 Å².